The van der Waals surface area contributed by atoms with E-state index in [1.807, 2.05) is 20.8 Å². The third-order valence-electron chi connectivity index (χ3n) is 4.42. The van der Waals surface area contributed by atoms with Gasteiger partial charge >= 0.3 is 0 Å². The van der Waals surface area contributed by atoms with E-state index in [9.17, 15) is 9.59 Å². The molecule has 3 rings (SSSR count). The molecular weight excluding hydrogens is 426 g/mol. The summed E-state index contributed by atoms with van der Waals surface area (Å²) in [5.74, 6) is 0.471. The molecule has 1 heterocycles. The minimum atomic E-state index is -0.434. The Balaban J connectivity index is 1.63. The summed E-state index contributed by atoms with van der Waals surface area (Å²) in [6, 6.07) is 10.2. The van der Waals surface area contributed by atoms with Crippen LogP contribution in [0.25, 0.3) is 5.69 Å². The maximum absolute atomic E-state index is 12.7. The summed E-state index contributed by atoms with van der Waals surface area (Å²) in [7, 11) is 0. The van der Waals surface area contributed by atoms with Crippen LogP contribution in [-0.4, -0.2) is 52.9 Å². The van der Waals surface area contributed by atoms with Crippen molar-refractivity contribution in [3.8, 4) is 22.9 Å². The maximum atomic E-state index is 12.7. The Bertz CT molecular complexity index is 1040. The van der Waals surface area contributed by atoms with Crippen molar-refractivity contribution >= 4 is 17.5 Å². The average molecular weight is 453 g/mol. The van der Waals surface area contributed by atoms with Gasteiger partial charge in [-0.1, -0.05) is 0 Å². The molecule has 0 bridgehead atoms. The minimum Gasteiger partial charge on any atom is -0.490 e. The number of amides is 2. The highest BCUT2D eigenvalue weighted by atomic mass is 16.5. The van der Waals surface area contributed by atoms with Crippen molar-refractivity contribution in [1.29, 1.82) is 0 Å². The first kappa shape index (κ1) is 23.6. The number of rotatable bonds is 11. The zero-order valence-electron chi connectivity index (χ0n) is 18.8. The molecule has 1 aromatic heterocycles. The largest absolute Gasteiger partial charge is 0.490 e. The molecule has 10 nitrogen and oxygen atoms in total. The van der Waals surface area contributed by atoms with Crippen molar-refractivity contribution in [2.75, 3.05) is 31.7 Å². The molecule has 0 aliphatic rings. The summed E-state index contributed by atoms with van der Waals surface area (Å²) < 4.78 is 18.5. The first-order valence-corrected chi connectivity index (χ1v) is 10.6. The molecule has 0 saturated heterocycles. The van der Waals surface area contributed by atoms with E-state index in [0.29, 0.717) is 48.3 Å². The van der Waals surface area contributed by atoms with E-state index >= 15 is 0 Å². The van der Waals surface area contributed by atoms with E-state index in [2.05, 4.69) is 20.7 Å². The second-order valence-corrected chi connectivity index (χ2v) is 6.72. The normalized spacial score (nSPS) is 10.4. The molecule has 0 atom stereocenters. The molecule has 0 fully saturated rings. The highest BCUT2D eigenvalue weighted by Gasteiger charge is 2.18. The SMILES string of the molecule is CCOc1cc(C(=O)NCC(=O)Nc2ccc(-n3cncn3)cc2)cc(OCC)c1OCC. The number of hydrogen-bond acceptors (Lipinski definition) is 7. The molecule has 0 aliphatic heterocycles. The predicted molar refractivity (Wildman–Crippen MR) is 122 cm³/mol. The van der Waals surface area contributed by atoms with Crippen molar-refractivity contribution in [2.45, 2.75) is 20.8 Å². The third-order valence-corrected chi connectivity index (χ3v) is 4.42. The van der Waals surface area contributed by atoms with Gasteiger partial charge in [-0.2, -0.15) is 5.10 Å². The monoisotopic (exact) mass is 453 g/mol. The third kappa shape index (κ3) is 6.22. The van der Waals surface area contributed by atoms with Gasteiger partial charge in [0, 0.05) is 11.3 Å². The topological polar surface area (TPSA) is 117 Å². The molecule has 0 saturated carbocycles. The molecule has 0 unspecified atom stereocenters. The molecule has 10 heteroatoms. The van der Waals surface area contributed by atoms with E-state index in [-0.39, 0.29) is 12.5 Å². The lowest BCUT2D eigenvalue weighted by atomic mass is 10.1. The van der Waals surface area contributed by atoms with Crippen LogP contribution in [0.1, 0.15) is 31.1 Å². The lowest BCUT2D eigenvalue weighted by Crippen LogP contribution is -2.32. The molecule has 2 amide bonds. The Morgan fingerprint density at radius 2 is 1.58 bits per heavy atom. The van der Waals surface area contributed by atoms with Gasteiger partial charge in [-0.05, 0) is 57.2 Å². The number of nitrogens with zero attached hydrogens (tertiary/aromatic N) is 3. The second kappa shape index (κ2) is 11.5. The maximum Gasteiger partial charge on any atom is 0.251 e. The lowest BCUT2D eigenvalue weighted by molar-refractivity contribution is -0.115. The Labute approximate surface area is 191 Å². The van der Waals surface area contributed by atoms with Crippen molar-refractivity contribution < 1.29 is 23.8 Å². The molecule has 0 radical (unpaired) electrons. The van der Waals surface area contributed by atoms with Crippen molar-refractivity contribution in [2.24, 2.45) is 0 Å². The highest BCUT2D eigenvalue weighted by Crippen LogP contribution is 2.39. The Morgan fingerprint density at radius 1 is 0.939 bits per heavy atom. The van der Waals surface area contributed by atoms with Gasteiger partial charge in [-0.3, -0.25) is 9.59 Å². The Hall–Kier alpha value is -4.08. The van der Waals surface area contributed by atoms with Gasteiger partial charge in [0.1, 0.15) is 12.7 Å². The van der Waals surface area contributed by atoms with E-state index in [1.54, 1.807) is 47.4 Å². The number of anilines is 1. The van der Waals surface area contributed by atoms with Gasteiger partial charge in [0.25, 0.3) is 5.91 Å². The first-order chi connectivity index (χ1) is 16.0. The Morgan fingerprint density at radius 3 is 2.12 bits per heavy atom. The van der Waals surface area contributed by atoms with E-state index in [1.165, 1.54) is 6.33 Å². The molecule has 0 spiro atoms. The molecule has 0 aliphatic carbocycles. The first-order valence-electron chi connectivity index (χ1n) is 10.6. The number of carbonyl (C=O) groups excluding carboxylic acids is 2. The second-order valence-electron chi connectivity index (χ2n) is 6.72. The van der Waals surface area contributed by atoms with Crippen molar-refractivity contribution in [3.63, 3.8) is 0 Å². The summed E-state index contributed by atoms with van der Waals surface area (Å²) in [6.07, 6.45) is 3.02. The zero-order valence-corrected chi connectivity index (χ0v) is 18.8. The Kier molecular flexibility index (Phi) is 8.23. The van der Waals surface area contributed by atoms with Crippen LogP contribution in [0.4, 0.5) is 5.69 Å². The van der Waals surface area contributed by atoms with E-state index in [0.717, 1.165) is 5.69 Å². The van der Waals surface area contributed by atoms with Crippen LogP contribution in [0.15, 0.2) is 49.1 Å². The van der Waals surface area contributed by atoms with Gasteiger partial charge in [0.15, 0.2) is 11.5 Å². The number of benzene rings is 2. The van der Waals surface area contributed by atoms with E-state index in [4.69, 9.17) is 14.2 Å². The van der Waals surface area contributed by atoms with Crippen LogP contribution >= 0.6 is 0 Å². The van der Waals surface area contributed by atoms with Gasteiger partial charge in [0.2, 0.25) is 11.7 Å². The molecule has 3 aromatic rings. The highest BCUT2D eigenvalue weighted by molar-refractivity contribution is 6.00. The summed E-state index contributed by atoms with van der Waals surface area (Å²) >= 11 is 0. The molecule has 174 valence electrons. The number of ether oxygens (including phenoxy) is 3. The lowest BCUT2D eigenvalue weighted by Gasteiger charge is -2.17. The van der Waals surface area contributed by atoms with Crippen LogP contribution < -0.4 is 24.8 Å². The number of hydrogen-bond donors (Lipinski definition) is 2. The molecule has 2 aromatic carbocycles. The quantitative estimate of drug-likeness (QED) is 0.458. The molecule has 33 heavy (non-hydrogen) atoms. The summed E-state index contributed by atoms with van der Waals surface area (Å²) in [6.45, 7) is 6.55. The van der Waals surface area contributed by atoms with Crippen molar-refractivity contribution in [3.05, 3.63) is 54.6 Å². The number of aromatic nitrogens is 3. The number of carbonyl (C=O) groups is 2. The van der Waals surface area contributed by atoms with Gasteiger partial charge in [0.05, 0.1) is 32.1 Å². The summed E-state index contributed by atoms with van der Waals surface area (Å²) in [5, 5.41) is 9.41. The summed E-state index contributed by atoms with van der Waals surface area (Å²) in [5.41, 5.74) is 1.70. The van der Waals surface area contributed by atoms with Gasteiger partial charge in [-0.25, -0.2) is 9.67 Å². The average Bonchev–Trinajstić information content (AvgIpc) is 3.35. The fourth-order valence-corrected chi connectivity index (χ4v) is 3.03. The van der Waals surface area contributed by atoms with Gasteiger partial charge in [-0.15, -0.1) is 0 Å². The standard InChI is InChI=1S/C23H27N5O5/c1-4-31-19-11-16(12-20(32-5-2)22(19)33-6-3)23(30)25-13-21(29)27-17-7-9-18(10-8-17)28-15-24-14-26-28/h7-12,14-15H,4-6,13H2,1-3H3,(H,25,30)(H,27,29). The van der Waals surface area contributed by atoms with Crippen molar-refractivity contribution in [1.82, 2.24) is 20.1 Å². The van der Waals surface area contributed by atoms with E-state index < -0.39 is 5.91 Å². The van der Waals surface area contributed by atoms with Crippen LogP contribution in [0, 0.1) is 0 Å². The predicted octanol–water partition coefficient (Wildman–Crippen LogP) is 2.83. The van der Waals surface area contributed by atoms with Gasteiger partial charge < -0.3 is 24.8 Å². The minimum absolute atomic E-state index is 0.204. The fraction of sp³-hybridized carbons (Fsp3) is 0.304. The van der Waals surface area contributed by atoms with Crippen LogP contribution in [0.5, 0.6) is 17.2 Å². The molecular formula is C23H27N5O5. The van der Waals surface area contributed by atoms with Crippen LogP contribution in [-0.2, 0) is 4.79 Å². The smallest absolute Gasteiger partial charge is 0.251 e. The van der Waals surface area contributed by atoms with Crippen LogP contribution in [0.2, 0.25) is 0 Å². The summed E-state index contributed by atoms with van der Waals surface area (Å²) in [4.78, 5) is 28.9. The number of nitrogens with one attached hydrogen (secondary N) is 2. The van der Waals surface area contributed by atoms with Crippen LogP contribution in [0.3, 0.4) is 0 Å². The molecule has 2 N–H and O–H groups in total. The fourth-order valence-electron chi connectivity index (χ4n) is 3.03. The zero-order chi connectivity index (χ0) is 23.6.